The lowest BCUT2D eigenvalue weighted by molar-refractivity contribution is 0.282. The molecular formula is C16H16N4O3. The van der Waals surface area contributed by atoms with Gasteiger partial charge in [-0.25, -0.2) is 4.79 Å². The third kappa shape index (κ3) is 3.39. The van der Waals surface area contributed by atoms with Crippen LogP contribution in [-0.4, -0.2) is 21.9 Å². The van der Waals surface area contributed by atoms with Gasteiger partial charge in [-0.3, -0.25) is 4.98 Å². The quantitative estimate of drug-likeness (QED) is 0.777. The van der Waals surface area contributed by atoms with Crippen molar-refractivity contribution < 1.29 is 9.15 Å². The van der Waals surface area contributed by atoms with Crippen LogP contribution in [0.4, 0.5) is 5.69 Å². The van der Waals surface area contributed by atoms with Gasteiger partial charge in [0.25, 0.3) is 0 Å². The highest BCUT2D eigenvalue weighted by Gasteiger charge is 2.10. The smallest absolute Gasteiger partial charge is 0.444 e. The number of aryl methyl sites for hydroxylation is 1. The van der Waals surface area contributed by atoms with E-state index in [-0.39, 0.29) is 6.08 Å². The Balaban J connectivity index is 1.79. The van der Waals surface area contributed by atoms with Gasteiger partial charge in [0, 0.05) is 11.4 Å². The van der Waals surface area contributed by atoms with E-state index >= 15 is 0 Å². The minimum atomic E-state index is -0.598. The molecule has 3 rings (SSSR count). The van der Waals surface area contributed by atoms with Gasteiger partial charge in [-0.05, 0) is 37.3 Å². The van der Waals surface area contributed by atoms with Gasteiger partial charge in [-0.1, -0.05) is 17.2 Å². The number of nitrogens with one attached hydrogen (secondary N) is 1. The summed E-state index contributed by atoms with van der Waals surface area (Å²) in [7, 11) is 1.39. The van der Waals surface area contributed by atoms with Crippen LogP contribution in [0.25, 0.3) is 5.69 Å². The Kier molecular flexibility index (Phi) is 4.09. The molecule has 7 heteroatoms. The summed E-state index contributed by atoms with van der Waals surface area (Å²) in [6.45, 7) is 2.54. The third-order valence-electron chi connectivity index (χ3n) is 3.21. The van der Waals surface area contributed by atoms with E-state index < -0.39 is 5.76 Å². The fraction of sp³-hybridized carbons (Fsp3) is 0.188. The summed E-state index contributed by atoms with van der Waals surface area (Å²) in [6, 6.07) is 13.2. The predicted molar refractivity (Wildman–Crippen MR) is 85.0 cm³/mol. The van der Waals surface area contributed by atoms with E-state index in [2.05, 4.69) is 15.4 Å². The molecule has 0 bridgehead atoms. The molecule has 7 nitrogen and oxygen atoms in total. The Morgan fingerprint density at radius 3 is 2.83 bits per heavy atom. The normalized spacial score (nSPS) is 10.5. The molecule has 0 atom stereocenters. The van der Waals surface area contributed by atoms with E-state index in [1.165, 1.54) is 7.11 Å². The van der Waals surface area contributed by atoms with E-state index in [0.717, 1.165) is 21.8 Å². The first-order valence-electron chi connectivity index (χ1n) is 7.07. The second kappa shape index (κ2) is 6.35. The van der Waals surface area contributed by atoms with Crippen LogP contribution in [0.2, 0.25) is 0 Å². The summed E-state index contributed by atoms with van der Waals surface area (Å²) in [6.07, 6.45) is -0.0719. The van der Waals surface area contributed by atoms with Crippen LogP contribution in [-0.2, 0) is 6.54 Å². The molecule has 0 amide bonds. The molecule has 0 fully saturated rings. The van der Waals surface area contributed by atoms with Crippen molar-refractivity contribution in [2.45, 2.75) is 13.5 Å². The van der Waals surface area contributed by atoms with E-state index in [9.17, 15) is 4.79 Å². The SMILES string of the molecule is COc1nn(-c2cccc(NCc3cccc(C)n3)c2)c(=O)o1. The van der Waals surface area contributed by atoms with E-state index in [0.29, 0.717) is 12.2 Å². The van der Waals surface area contributed by atoms with E-state index in [1.54, 1.807) is 12.1 Å². The second-order valence-corrected chi connectivity index (χ2v) is 4.92. The molecule has 0 aliphatic carbocycles. The summed E-state index contributed by atoms with van der Waals surface area (Å²) in [5.74, 6) is -0.598. The van der Waals surface area contributed by atoms with E-state index in [4.69, 9.17) is 9.15 Å². The molecule has 118 valence electrons. The van der Waals surface area contributed by atoms with Crippen LogP contribution >= 0.6 is 0 Å². The monoisotopic (exact) mass is 312 g/mol. The highest BCUT2D eigenvalue weighted by molar-refractivity contribution is 5.50. The first kappa shape index (κ1) is 14.8. The Morgan fingerprint density at radius 1 is 1.26 bits per heavy atom. The van der Waals surface area contributed by atoms with Gasteiger partial charge in [-0.2, -0.15) is 4.68 Å². The van der Waals surface area contributed by atoms with Crippen LogP contribution in [0.1, 0.15) is 11.4 Å². The lowest BCUT2D eigenvalue weighted by atomic mass is 10.2. The van der Waals surface area contributed by atoms with Crippen LogP contribution < -0.4 is 15.8 Å². The molecule has 0 saturated heterocycles. The molecule has 0 radical (unpaired) electrons. The molecule has 0 aliphatic heterocycles. The zero-order valence-electron chi connectivity index (χ0n) is 12.8. The highest BCUT2D eigenvalue weighted by atomic mass is 16.6. The molecule has 2 aromatic heterocycles. The molecule has 2 heterocycles. The second-order valence-electron chi connectivity index (χ2n) is 4.92. The van der Waals surface area contributed by atoms with Gasteiger partial charge >= 0.3 is 11.8 Å². The average Bonchev–Trinajstić information content (AvgIpc) is 2.94. The number of rotatable bonds is 5. The summed E-state index contributed by atoms with van der Waals surface area (Å²) in [4.78, 5) is 16.2. The van der Waals surface area contributed by atoms with Crippen LogP contribution in [0.5, 0.6) is 6.08 Å². The number of hydrogen-bond donors (Lipinski definition) is 1. The van der Waals surface area contributed by atoms with Gasteiger partial charge in [0.05, 0.1) is 25.0 Å². The molecule has 3 aromatic rings. The average molecular weight is 312 g/mol. The summed E-state index contributed by atoms with van der Waals surface area (Å²) >= 11 is 0. The lowest BCUT2D eigenvalue weighted by Crippen LogP contribution is -2.13. The van der Waals surface area contributed by atoms with Gasteiger partial charge in [0.1, 0.15) is 0 Å². The molecule has 0 aliphatic rings. The van der Waals surface area contributed by atoms with Gasteiger partial charge in [0.2, 0.25) is 0 Å². The van der Waals surface area contributed by atoms with Crippen LogP contribution in [0, 0.1) is 6.92 Å². The molecule has 1 aromatic carbocycles. The molecule has 1 N–H and O–H groups in total. The molecule has 23 heavy (non-hydrogen) atoms. The largest absolute Gasteiger partial charge is 0.452 e. The Labute approximate surface area is 132 Å². The minimum absolute atomic E-state index is 0.0719. The maximum Gasteiger partial charge on any atom is 0.444 e. The van der Waals surface area contributed by atoms with Gasteiger partial charge in [0.15, 0.2) is 0 Å². The van der Waals surface area contributed by atoms with Crippen molar-refractivity contribution in [1.82, 2.24) is 14.8 Å². The lowest BCUT2D eigenvalue weighted by Gasteiger charge is -2.08. The zero-order valence-corrected chi connectivity index (χ0v) is 12.8. The Morgan fingerprint density at radius 2 is 2.09 bits per heavy atom. The number of hydrogen-bond acceptors (Lipinski definition) is 6. The van der Waals surface area contributed by atoms with E-state index in [1.807, 2.05) is 37.3 Å². The van der Waals surface area contributed by atoms with Crippen molar-refractivity contribution in [3.63, 3.8) is 0 Å². The van der Waals surface area contributed by atoms with Crippen LogP contribution in [0.15, 0.2) is 51.7 Å². The van der Waals surface area contributed by atoms with Crippen LogP contribution in [0.3, 0.4) is 0 Å². The summed E-state index contributed by atoms with van der Waals surface area (Å²) in [5.41, 5.74) is 3.35. The number of pyridine rings is 1. The maximum atomic E-state index is 11.8. The van der Waals surface area contributed by atoms with Crippen molar-refractivity contribution in [1.29, 1.82) is 0 Å². The maximum absolute atomic E-state index is 11.8. The van der Waals surface area contributed by atoms with Gasteiger partial charge in [-0.15, -0.1) is 0 Å². The molecular weight excluding hydrogens is 296 g/mol. The number of benzene rings is 1. The Bertz CT molecular complexity index is 870. The standard InChI is InChI=1S/C16H16N4O3/c1-11-5-3-7-13(18-11)10-17-12-6-4-8-14(9-12)20-16(21)23-15(19-20)22-2/h3-9,17H,10H2,1-2H3. The number of aromatic nitrogens is 3. The number of anilines is 1. The predicted octanol–water partition coefficient (Wildman–Crippen LogP) is 2.15. The Hall–Kier alpha value is -3.09. The highest BCUT2D eigenvalue weighted by Crippen LogP contribution is 2.15. The molecule has 0 saturated carbocycles. The zero-order chi connectivity index (χ0) is 16.2. The van der Waals surface area contributed by atoms with Crippen molar-refractivity contribution in [2.75, 3.05) is 12.4 Å². The van der Waals surface area contributed by atoms with Gasteiger partial charge < -0.3 is 14.5 Å². The first-order chi connectivity index (χ1) is 11.2. The number of methoxy groups -OCH3 is 1. The van der Waals surface area contributed by atoms with Crippen molar-refractivity contribution in [2.24, 2.45) is 0 Å². The summed E-state index contributed by atoms with van der Waals surface area (Å²) < 4.78 is 10.8. The number of ether oxygens (including phenoxy) is 1. The van der Waals surface area contributed by atoms with Crippen molar-refractivity contribution in [3.05, 3.63) is 64.4 Å². The summed E-state index contributed by atoms with van der Waals surface area (Å²) in [5, 5.41) is 7.22. The first-order valence-corrected chi connectivity index (χ1v) is 7.07. The minimum Gasteiger partial charge on any atom is -0.452 e. The molecule has 0 spiro atoms. The number of nitrogens with zero attached hydrogens (tertiary/aromatic N) is 3. The fourth-order valence-electron chi connectivity index (χ4n) is 2.14. The third-order valence-corrected chi connectivity index (χ3v) is 3.21. The molecule has 0 unspecified atom stereocenters. The van der Waals surface area contributed by atoms with Crippen molar-refractivity contribution >= 4 is 5.69 Å². The van der Waals surface area contributed by atoms with Crippen molar-refractivity contribution in [3.8, 4) is 11.8 Å². The topological polar surface area (TPSA) is 82.2 Å². The fourth-order valence-corrected chi connectivity index (χ4v) is 2.14.